The highest BCUT2D eigenvalue weighted by Crippen LogP contribution is 2.22. The van der Waals surface area contributed by atoms with Crippen LogP contribution in [0.15, 0.2) is 18.2 Å². The predicted octanol–water partition coefficient (Wildman–Crippen LogP) is 1.13. The number of carboxylic acids is 1. The average molecular weight is 344 g/mol. The standard InChI is InChI=1S/C14H17FN2O5S/c1-23(21,22)17-6-4-9(5-7-17)13(18)16-12-3-2-10(14(19)20)8-11(12)15/h2-3,8-9H,4-7H2,1H3,(H,16,18)(H,19,20). The van der Waals surface area contributed by atoms with Crippen molar-refractivity contribution in [1.82, 2.24) is 4.31 Å². The van der Waals surface area contributed by atoms with Crippen LogP contribution in [0.4, 0.5) is 10.1 Å². The first kappa shape index (κ1) is 17.4. The van der Waals surface area contributed by atoms with E-state index in [1.54, 1.807) is 0 Å². The van der Waals surface area contributed by atoms with E-state index < -0.39 is 33.6 Å². The van der Waals surface area contributed by atoms with Gasteiger partial charge in [0.15, 0.2) is 0 Å². The average Bonchev–Trinajstić information content (AvgIpc) is 2.48. The van der Waals surface area contributed by atoms with Gasteiger partial charge in [0.25, 0.3) is 0 Å². The van der Waals surface area contributed by atoms with Gasteiger partial charge in [0.05, 0.1) is 17.5 Å². The van der Waals surface area contributed by atoms with Crippen molar-refractivity contribution in [2.45, 2.75) is 12.8 Å². The van der Waals surface area contributed by atoms with Gasteiger partial charge in [-0.15, -0.1) is 0 Å². The highest BCUT2D eigenvalue weighted by Gasteiger charge is 2.29. The second-order valence-electron chi connectivity index (χ2n) is 5.43. The van der Waals surface area contributed by atoms with E-state index in [0.29, 0.717) is 12.8 Å². The molecule has 23 heavy (non-hydrogen) atoms. The van der Waals surface area contributed by atoms with E-state index in [-0.39, 0.29) is 24.3 Å². The topological polar surface area (TPSA) is 104 Å². The van der Waals surface area contributed by atoms with Crippen LogP contribution in [0.2, 0.25) is 0 Å². The van der Waals surface area contributed by atoms with E-state index in [1.807, 2.05) is 0 Å². The number of aromatic carboxylic acids is 1. The molecule has 1 heterocycles. The van der Waals surface area contributed by atoms with E-state index in [9.17, 15) is 22.4 Å². The molecule has 2 rings (SSSR count). The Hall–Kier alpha value is -2.00. The Morgan fingerprint density at radius 1 is 1.30 bits per heavy atom. The number of carbonyl (C=O) groups is 2. The number of hydrogen-bond donors (Lipinski definition) is 2. The molecular weight excluding hydrogens is 327 g/mol. The van der Waals surface area contributed by atoms with Gasteiger partial charge in [-0.25, -0.2) is 21.9 Å². The first-order chi connectivity index (χ1) is 10.7. The molecule has 0 atom stereocenters. The normalized spacial score (nSPS) is 17.0. The minimum absolute atomic E-state index is 0.0921. The number of amides is 1. The summed E-state index contributed by atoms with van der Waals surface area (Å²) in [5.41, 5.74) is -0.299. The first-order valence-electron chi connectivity index (χ1n) is 6.97. The Bertz CT molecular complexity index is 727. The fourth-order valence-corrected chi connectivity index (χ4v) is 3.31. The van der Waals surface area contributed by atoms with Crippen molar-refractivity contribution >= 4 is 27.6 Å². The lowest BCUT2D eigenvalue weighted by Crippen LogP contribution is -2.40. The summed E-state index contributed by atoms with van der Waals surface area (Å²) in [6.07, 6.45) is 1.83. The Morgan fingerprint density at radius 3 is 2.39 bits per heavy atom. The van der Waals surface area contributed by atoms with Crippen molar-refractivity contribution in [3.63, 3.8) is 0 Å². The number of nitrogens with zero attached hydrogens (tertiary/aromatic N) is 1. The van der Waals surface area contributed by atoms with Gasteiger partial charge in [0.2, 0.25) is 15.9 Å². The zero-order valence-electron chi connectivity index (χ0n) is 12.5. The molecule has 9 heteroatoms. The van der Waals surface area contributed by atoms with Crippen molar-refractivity contribution in [3.8, 4) is 0 Å². The molecule has 0 aliphatic carbocycles. The third-order valence-electron chi connectivity index (χ3n) is 3.77. The molecule has 0 aromatic heterocycles. The van der Waals surface area contributed by atoms with Crippen LogP contribution in [0.1, 0.15) is 23.2 Å². The number of carbonyl (C=O) groups excluding carboxylic acids is 1. The lowest BCUT2D eigenvalue weighted by atomic mass is 9.97. The number of halogens is 1. The summed E-state index contributed by atoms with van der Waals surface area (Å²) >= 11 is 0. The summed E-state index contributed by atoms with van der Waals surface area (Å²) in [4.78, 5) is 22.9. The number of sulfonamides is 1. The van der Waals surface area contributed by atoms with Crippen molar-refractivity contribution in [1.29, 1.82) is 0 Å². The highest BCUT2D eigenvalue weighted by atomic mass is 32.2. The van der Waals surface area contributed by atoms with Crippen molar-refractivity contribution in [2.24, 2.45) is 5.92 Å². The van der Waals surface area contributed by atoms with E-state index in [2.05, 4.69) is 5.32 Å². The van der Waals surface area contributed by atoms with E-state index in [4.69, 9.17) is 5.11 Å². The fourth-order valence-electron chi connectivity index (χ4n) is 2.43. The quantitative estimate of drug-likeness (QED) is 0.852. The third-order valence-corrected chi connectivity index (χ3v) is 5.07. The molecule has 7 nitrogen and oxygen atoms in total. The van der Waals surface area contributed by atoms with Gasteiger partial charge in [-0.05, 0) is 31.0 Å². The Balaban J connectivity index is 1.99. The van der Waals surface area contributed by atoms with Crippen LogP contribution in [-0.4, -0.2) is 49.1 Å². The lowest BCUT2D eigenvalue weighted by molar-refractivity contribution is -0.120. The van der Waals surface area contributed by atoms with Crippen LogP contribution in [0.5, 0.6) is 0 Å². The molecule has 2 N–H and O–H groups in total. The largest absolute Gasteiger partial charge is 0.478 e. The number of piperidine rings is 1. The van der Waals surface area contributed by atoms with Crippen LogP contribution in [0, 0.1) is 11.7 Å². The maximum absolute atomic E-state index is 13.8. The van der Waals surface area contributed by atoms with Gasteiger partial charge >= 0.3 is 5.97 Å². The molecule has 1 saturated heterocycles. The van der Waals surface area contributed by atoms with Crippen molar-refractivity contribution < 1.29 is 27.5 Å². The molecule has 126 valence electrons. The van der Waals surface area contributed by atoms with Gasteiger partial charge in [-0.1, -0.05) is 0 Å². The molecule has 1 amide bonds. The molecule has 1 aliphatic heterocycles. The number of hydrogen-bond acceptors (Lipinski definition) is 4. The molecule has 0 radical (unpaired) electrons. The lowest BCUT2D eigenvalue weighted by Gasteiger charge is -2.29. The number of anilines is 1. The number of benzene rings is 1. The van der Waals surface area contributed by atoms with Gasteiger partial charge in [-0.3, -0.25) is 4.79 Å². The predicted molar refractivity (Wildman–Crippen MR) is 81.1 cm³/mol. The zero-order chi connectivity index (χ0) is 17.2. The van der Waals surface area contributed by atoms with E-state index in [1.165, 1.54) is 16.4 Å². The van der Waals surface area contributed by atoms with Crippen molar-refractivity contribution in [2.75, 3.05) is 24.7 Å². The van der Waals surface area contributed by atoms with Gasteiger partial charge in [0.1, 0.15) is 5.82 Å². The van der Waals surface area contributed by atoms with Crippen LogP contribution in [-0.2, 0) is 14.8 Å². The van der Waals surface area contributed by atoms with Crippen LogP contribution in [0.3, 0.4) is 0 Å². The molecule has 0 saturated carbocycles. The summed E-state index contributed by atoms with van der Waals surface area (Å²) in [6.45, 7) is 0.495. The highest BCUT2D eigenvalue weighted by molar-refractivity contribution is 7.88. The molecule has 1 fully saturated rings. The summed E-state index contributed by atoms with van der Waals surface area (Å²) in [6, 6.07) is 3.24. The number of rotatable bonds is 4. The molecule has 0 spiro atoms. The van der Waals surface area contributed by atoms with Crippen LogP contribution < -0.4 is 5.32 Å². The second kappa shape index (κ2) is 6.63. The van der Waals surface area contributed by atoms with Crippen LogP contribution >= 0.6 is 0 Å². The molecule has 1 aliphatic rings. The summed E-state index contributed by atoms with van der Waals surface area (Å²) < 4.78 is 37.9. The molecule has 1 aromatic rings. The second-order valence-corrected chi connectivity index (χ2v) is 7.41. The smallest absolute Gasteiger partial charge is 0.335 e. The Labute approximate surface area is 133 Å². The van der Waals surface area contributed by atoms with Crippen LogP contribution in [0.25, 0.3) is 0 Å². The molecule has 1 aromatic carbocycles. The maximum Gasteiger partial charge on any atom is 0.335 e. The zero-order valence-corrected chi connectivity index (χ0v) is 13.3. The fraction of sp³-hybridized carbons (Fsp3) is 0.429. The summed E-state index contributed by atoms with van der Waals surface area (Å²) in [5, 5.41) is 11.2. The van der Waals surface area contributed by atoms with Crippen molar-refractivity contribution in [3.05, 3.63) is 29.6 Å². The van der Waals surface area contributed by atoms with E-state index >= 15 is 0 Å². The Morgan fingerprint density at radius 2 is 1.91 bits per heavy atom. The molecule has 0 unspecified atom stereocenters. The molecule has 0 bridgehead atoms. The first-order valence-corrected chi connectivity index (χ1v) is 8.82. The van der Waals surface area contributed by atoms with Gasteiger partial charge in [0, 0.05) is 19.0 Å². The maximum atomic E-state index is 13.8. The number of carboxylic acid groups (broad SMARTS) is 1. The van der Waals surface area contributed by atoms with Gasteiger partial charge < -0.3 is 10.4 Å². The SMILES string of the molecule is CS(=O)(=O)N1CCC(C(=O)Nc2ccc(C(=O)O)cc2F)CC1. The Kier molecular flexibility index (Phi) is 5.00. The monoisotopic (exact) mass is 344 g/mol. The number of nitrogens with one attached hydrogen (secondary N) is 1. The van der Waals surface area contributed by atoms with E-state index in [0.717, 1.165) is 12.3 Å². The van der Waals surface area contributed by atoms with Gasteiger partial charge in [-0.2, -0.15) is 0 Å². The third kappa shape index (κ3) is 4.26. The minimum Gasteiger partial charge on any atom is -0.478 e. The summed E-state index contributed by atoms with van der Waals surface area (Å²) in [7, 11) is -3.27. The minimum atomic E-state index is -3.27. The summed E-state index contributed by atoms with van der Waals surface area (Å²) in [5.74, 6) is -2.89. The molecular formula is C14H17FN2O5S.